The molecule has 0 aromatic heterocycles. The fourth-order valence-corrected chi connectivity index (χ4v) is 11.9. The molecule has 8 unspecified atom stereocenters. The predicted molar refractivity (Wildman–Crippen MR) is 316 cm³/mol. The van der Waals surface area contributed by atoms with Gasteiger partial charge in [-0.1, -0.05) is 19.4 Å². The molecule has 4 saturated heterocycles. The molecule has 4 aliphatic heterocycles. The van der Waals surface area contributed by atoms with E-state index in [-0.39, 0.29) is 47.2 Å². The number of fused-ring (bicyclic) bond motifs is 2. The van der Waals surface area contributed by atoms with Gasteiger partial charge in [0.15, 0.2) is 6.10 Å². The molecule has 3 aromatic rings. The van der Waals surface area contributed by atoms with Crippen LogP contribution in [0.4, 0.5) is 11.4 Å². The molecular weight excluding hydrogens is 1220 g/mol. The van der Waals surface area contributed by atoms with E-state index < -0.39 is 181 Å². The van der Waals surface area contributed by atoms with Gasteiger partial charge in [-0.2, -0.15) is 0 Å². The van der Waals surface area contributed by atoms with E-state index >= 15 is 0 Å². The molecule has 32 heteroatoms. The summed E-state index contributed by atoms with van der Waals surface area (Å²) in [5, 5.41) is 104. The van der Waals surface area contributed by atoms with Gasteiger partial charge in [0.25, 0.3) is 5.91 Å². The molecule has 0 radical (unpaired) electrons. The van der Waals surface area contributed by atoms with E-state index in [0.29, 0.717) is 32.8 Å². The van der Waals surface area contributed by atoms with Gasteiger partial charge < -0.3 is 102 Å². The molecule has 492 valence electrons. The Morgan fingerprint density at radius 3 is 1.98 bits per heavy atom. The van der Waals surface area contributed by atoms with Crippen LogP contribution in [0.3, 0.4) is 0 Å². The maximum atomic E-state index is 14.6. The number of benzene rings is 3. The van der Waals surface area contributed by atoms with Crippen LogP contribution >= 0.6 is 0 Å². The third-order valence-corrected chi connectivity index (χ3v) is 17.1. The minimum Gasteiger partial charge on any atom is -0.691 e. The van der Waals surface area contributed by atoms with Gasteiger partial charge in [-0.05, 0) is 92.4 Å². The molecule has 91 heavy (non-hydrogen) atoms. The minimum absolute atomic E-state index is 0. The van der Waals surface area contributed by atoms with Crippen molar-refractivity contribution >= 4 is 63.8 Å². The van der Waals surface area contributed by atoms with E-state index in [9.17, 15) is 78.8 Å². The van der Waals surface area contributed by atoms with E-state index in [1.807, 2.05) is 24.3 Å². The quantitative estimate of drug-likeness (QED) is 0.0155. The molecule has 0 aliphatic carbocycles. The summed E-state index contributed by atoms with van der Waals surface area (Å²) in [6.45, 7) is 11.6. The van der Waals surface area contributed by atoms with Gasteiger partial charge in [0.2, 0.25) is 53.1 Å². The summed E-state index contributed by atoms with van der Waals surface area (Å²) >= 11 is -2.73. The zero-order chi connectivity index (χ0) is 65.3. The third-order valence-electron chi connectivity index (χ3n) is 16.2. The second kappa shape index (κ2) is 34.9. The summed E-state index contributed by atoms with van der Waals surface area (Å²) in [5.41, 5.74) is 1.88. The fourth-order valence-electron chi connectivity index (χ4n) is 11.3. The Morgan fingerprint density at radius 2 is 1.36 bits per heavy atom. The van der Waals surface area contributed by atoms with Crippen LogP contribution in [0.2, 0.25) is 0 Å². The standard InChI is InChI=1S/C59H80N10O20S.Na/c1-33-31-69-51(52(33)76)57(81)61-29-39(71)27-42(62-53(77)36-10-12-37(13-11-36)66-19-21-67(22-20-66)38-14-16-41(17-15-38)87-24-8-6-5-7-23-86-4)54(78)63-48(34(2)70)58(82)68-32-40(72)28-43(68)55(79)64-49(56(80)65-50(59(69)83)46(75)30-60-3)45(74)25-35-9-18-44(73)47(26-35)90(85)89-88-84;/h9-18,26,33-34,39-40,42-43,45-46,48-52,70-76,84H,5-8,19-25,27-32H2,1-2,4H3,(H,61,81)(H,62,77)(H,63,78)(H,64,79)(H,65,80);/q;+1/p-1/t33?,34?,39-,40?,42-,43?,45+,46+,48?,49?,50-,51?,52-,90?;/m0./s1. The van der Waals surface area contributed by atoms with Crippen molar-refractivity contribution in [3.8, 4) is 11.5 Å². The van der Waals surface area contributed by atoms with Crippen LogP contribution in [0.1, 0.15) is 68.3 Å². The Labute approximate surface area is 550 Å². The first-order chi connectivity index (χ1) is 43.0. The van der Waals surface area contributed by atoms with E-state index in [4.69, 9.17) is 16.0 Å². The maximum absolute atomic E-state index is 14.6. The number of amides is 7. The summed E-state index contributed by atoms with van der Waals surface area (Å²) < 4.78 is 27.6. The number of nitrogens with zero attached hydrogens (tertiary/aromatic N) is 5. The summed E-state index contributed by atoms with van der Waals surface area (Å²) in [6.07, 6.45) is -8.41. The summed E-state index contributed by atoms with van der Waals surface area (Å²) in [4.78, 5) is 110. The molecule has 14 atom stereocenters. The van der Waals surface area contributed by atoms with Crippen molar-refractivity contribution in [3.05, 3.63) is 89.3 Å². The number of carbonyl (C=O) groups is 7. The molecule has 30 nitrogen and oxygen atoms in total. The summed E-state index contributed by atoms with van der Waals surface area (Å²) in [5.74, 6) is -8.79. The topological polar surface area (TPSA) is 416 Å². The number of hydrogen-bond donors (Lipinski definition) is 12. The van der Waals surface area contributed by atoms with Gasteiger partial charge in [-0.15, -0.1) is 4.33 Å². The number of anilines is 2. The molecule has 3 aromatic carbocycles. The van der Waals surface area contributed by atoms with Crippen LogP contribution in [0.5, 0.6) is 11.5 Å². The van der Waals surface area contributed by atoms with Gasteiger partial charge >= 0.3 is 29.6 Å². The Bertz CT molecular complexity index is 3030. The summed E-state index contributed by atoms with van der Waals surface area (Å²) in [7, 11) is 1.70. The normalized spacial score (nSPS) is 26.0. The molecule has 0 spiro atoms. The molecule has 0 saturated carbocycles. The number of aliphatic hydroxyl groups is 6. The minimum atomic E-state index is -2.73. The van der Waals surface area contributed by atoms with Crippen molar-refractivity contribution in [2.45, 2.75) is 137 Å². The average molecular weight is 1300 g/mol. The fraction of sp³-hybridized carbons (Fsp3) is 0.559. The number of methoxy groups -OCH3 is 1. The van der Waals surface area contributed by atoms with Crippen molar-refractivity contribution in [1.82, 2.24) is 36.4 Å². The number of hydrogen-bond acceptors (Lipinski definition) is 22. The smallest absolute Gasteiger partial charge is 0.691 e. The molecule has 12 N–H and O–H groups in total. The largest absolute Gasteiger partial charge is 1.00 e. The van der Waals surface area contributed by atoms with Crippen molar-refractivity contribution in [2.24, 2.45) is 5.92 Å². The number of ether oxygens (including phenoxy) is 2. The molecule has 7 amide bonds. The van der Waals surface area contributed by atoms with Crippen LogP contribution in [-0.2, 0) is 60.4 Å². The number of unbranched alkanes of at least 4 members (excludes halogenated alkanes) is 3. The number of aliphatic hydroxyl groups excluding tert-OH is 6. The van der Waals surface area contributed by atoms with E-state index in [1.54, 1.807) is 19.2 Å². The van der Waals surface area contributed by atoms with Gasteiger partial charge in [0.05, 0.1) is 37.1 Å². The Morgan fingerprint density at radius 1 is 0.758 bits per heavy atom. The second-order valence-corrected chi connectivity index (χ2v) is 23.8. The van der Waals surface area contributed by atoms with E-state index in [2.05, 4.69) is 50.6 Å². The number of aromatic hydroxyl groups is 1. The second-order valence-electron chi connectivity index (χ2n) is 22.8. The molecule has 0 bridgehead atoms. The monoisotopic (exact) mass is 1300 g/mol. The summed E-state index contributed by atoms with van der Waals surface area (Å²) in [6, 6.07) is 6.09. The van der Waals surface area contributed by atoms with Crippen molar-refractivity contribution in [1.29, 1.82) is 0 Å². The first-order valence-electron chi connectivity index (χ1n) is 29.6. The average Bonchev–Trinajstić information content (AvgIpc) is 1.82. The molecule has 4 aliphatic rings. The zero-order valence-electron chi connectivity index (χ0n) is 51.0. The van der Waals surface area contributed by atoms with Gasteiger partial charge in [0.1, 0.15) is 52.6 Å². The number of phenolic OH excluding ortho intramolecular Hbond substituents is 1. The third kappa shape index (κ3) is 19.5. The van der Waals surface area contributed by atoms with Crippen LogP contribution in [0.25, 0.3) is 4.85 Å². The van der Waals surface area contributed by atoms with Crippen LogP contribution in [-0.4, -0.2) is 237 Å². The van der Waals surface area contributed by atoms with Crippen molar-refractivity contribution in [2.75, 3.05) is 82.5 Å². The molecular formula is C59H79N10NaO20S. The van der Waals surface area contributed by atoms with Crippen molar-refractivity contribution in [3.63, 3.8) is 0 Å². The van der Waals surface area contributed by atoms with Gasteiger partial charge in [-0.3, -0.25) is 38.6 Å². The number of carbonyl (C=O) groups excluding carboxylic acids is 7. The van der Waals surface area contributed by atoms with Crippen LogP contribution in [0, 0.1) is 12.5 Å². The van der Waals surface area contributed by atoms with E-state index in [1.165, 1.54) is 25.1 Å². The first kappa shape index (κ1) is 73.4. The van der Waals surface area contributed by atoms with E-state index in [0.717, 1.165) is 78.3 Å². The Balaban J connectivity index is 0.0000132. The first-order valence-corrected chi connectivity index (χ1v) is 30.7. The predicted octanol–water partition coefficient (Wildman–Crippen LogP) is -6.58. The number of phenols is 1. The van der Waals surface area contributed by atoms with Crippen LogP contribution in [0.15, 0.2) is 71.6 Å². The SMILES string of the molecule is [C-]#[N+]C[C@@H](O)[C@@H]1NC(=O)C([C@H](O)Cc2ccc(O)c(S(=O)OO[O-])c2)NC(=O)C2CC(O)CN2C(=O)C(C(C)O)NC(=O)[C@@H](NC(=O)c2ccc(N3CCN(c4ccc(OCCCCCCOC)cc4)CC3)cc2)C[C@H](O)CNC(=O)C2[C@@H](O)C(C)CN2C1=O.[Na+]. The molecule has 4 fully saturated rings. The Hall–Kier alpha value is -6.61. The molecule has 7 rings (SSSR count). The van der Waals surface area contributed by atoms with Gasteiger partial charge in [0, 0.05) is 102 Å². The Kier molecular flexibility index (Phi) is 28.2. The van der Waals surface area contributed by atoms with Crippen LogP contribution < -0.4 is 75.9 Å². The van der Waals surface area contributed by atoms with Gasteiger partial charge in [-0.25, -0.2) is 10.8 Å². The number of rotatable bonds is 21. The van der Waals surface area contributed by atoms with Crippen molar-refractivity contribution < 1.29 is 127 Å². The number of β-amino-alcohol motifs (C(OH)–C–C–N with tert-alkyl or cyclic N) is 1. The molecule has 4 heterocycles. The number of piperazine rings is 1. The zero-order valence-corrected chi connectivity index (χ0v) is 53.8. The number of nitrogens with one attached hydrogen (secondary N) is 5. The maximum Gasteiger partial charge on any atom is 1.00 e.